The van der Waals surface area contributed by atoms with Crippen molar-refractivity contribution in [2.24, 2.45) is 0 Å². The van der Waals surface area contributed by atoms with Crippen LogP contribution in [0.4, 0.5) is 0 Å². The number of nitrogens with one attached hydrogen (secondary N) is 1. The van der Waals surface area contributed by atoms with Crippen LogP contribution in [0.15, 0.2) is 40.9 Å². The van der Waals surface area contributed by atoms with Crippen molar-refractivity contribution in [2.45, 2.75) is 6.54 Å². The molecule has 2 aromatic rings. The molecule has 0 atom stereocenters. The third-order valence-electron chi connectivity index (χ3n) is 2.71. The molecule has 4 N–H and O–H groups in total. The monoisotopic (exact) mass is 337 g/mol. The topological polar surface area (TPSA) is 89.8 Å². The van der Waals surface area contributed by atoms with Crippen molar-refractivity contribution in [3.05, 3.63) is 52.0 Å². The highest BCUT2D eigenvalue weighted by molar-refractivity contribution is 9.10. The van der Waals surface area contributed by atoms with Crippen LogP contribution in [0.1, 0.15) is 15.9 Å². The van der Waals surface area contributed by atoms with E-state index in [4.69, 9.17) is 0 Å². The summed E-state index contributed by atoms with van der Waals surface area (Å²) in [7, 11) is 0. The molecule has 104 valence electrons. The van der Waals surface area contributed by atoms with E-state index in [1.165, 1.54) is 0 Å². The van der Waals surface area contributed by atoms with Gasteiger partial charge in [-0.25, -0.2) is 0 Å². The van der Waals surface area contributed by atoms with E-state index in [0.717, 1.165) is 22.2 Å². The van der Waals surface area contributed by atoms with Gasteiger partial charge in [0.2, 0.25) is 0 Å². The number of rotatable bonds is 3. The van der Waals surface area contributed by atoms with Gasteiger partial charge < -0.3 is 20.6 Å². The van der Waals surface area contributed by atoms with Gasteiger partial charge in [-0.05, 0) is 11.6 Å². The van der Waals surface area contributed by atoms with Gasteiger partial charge in [0.1, 0.15) is 22.8 Å². The molecule has 6 heteroatoms. The number of hydrogen-bond donors (Lipinski definition) is 4. The normalized spacial score (nSPS) is 10.2. The lowest BCUT2D eigenvalue weighted by molar-refractivity contribution is 0.0945. The summed E-state index contributed by atoms with van der Waals surface area (Å²) in [4.78, 5) is 12.0. The van der Waals surface area contributed by atoms with Crippen molar-refractivity contribution in [3.63, 3.8) is 0 Å². The highest BCUT2D eigenvalue weighted by atomic mass is 79.9. The van der Waals surface area contributed by atoms with Crippen molar-refractivity contribution >= 4 is 21.8 Å². The third kappa shape index (κ3) is 3.03. The predicted molar refractivity (Wildman–Crippen MR) is 76.7 cm³/mol. The van der Waals surface area contributed by atoms with Crippen LogP contribution in [0.5, 0.6) is 17.2 Å². The number of amides is 1. The molecular formula is C14H12BrNO4. The molecule has 5 nitrogen and oxygen atoms in total. The lowest BCUT2D eigenvalue weighted by Crippen LogP contribution is -2.23. The summed E-state index contributed by atoms with van der Waals surface area (Å²) < 4.78 is 0.847. The summed E-state index contributed by atoms with van der Waals surface area (Å²) in [6.45, 7) is 0.236. The number of carbonyl (C=O) groups is 1. The maximum absolute atomic E-state index is 12.0. The van der Waals surface area contributed by atoms with Crippen LogP contribution in [0.3, 0.4) is 0 Å². The fourth-order valence-corrected chi connectivity index (χ4v) is 2.16. The molecule has 0 spiro atoms. The molecule has 0 aliphatic rings. The number of phenolic OH excluding ortho intramolecular Hbond substituents is 3. The van der Waals surface area contributed by atoms with Crippen molar-refractivity contribution in [2.75, 3.05) is 0 Å². The third-order valence-corrected chi connectivity index (χ3v) is 3.48. The summed E-state index contributed by atoms with van der Waals surface area (Å²) in [5, 5.41) is 31.0. The Morgan fingerprint density at radius 3 is 2.30 bits per heavy atom. The Kier molecular flexibility index (Phi) is 4.14. The van der Waals surface area contributed by atoms with Gasteiger partial charge >= 0.3 is 0 Å². The van der Waals surface area contributed by atoms with Gasteiger partial charge in [0, 0.05) is 23.2 Å². The van der Waals surface area contributed by atoms with Crippen molar-refractivity contribution in [1.29, 1.82) is 0 Å². The molecule has 0 heterocycles. The Balaban J connectivity index is 2.16. The number of carbonyl (C=O) groups excluding carboxylic acids is 1. The van der Waals surface area contributed by atoms with Gasteiger partial charge in [-0.15, -0.1) is 0 Å². The largest absolute Gasteiger partial charge is 0.508 e. The van der Waals surface area contributed by atoms with Crippen LogP contribution in [0.25, 0.3) is 0 Å². The van der Waals surface area contributed by atoms with Crippen LogP contribution in [0.2, 0.25) is 0 Å². The summed E-state index contributed by atoms with van der Waals surface area (Å²) in [5.41, 5.74) is 0.591. The van der Waals surface area contributed by atoms with E-state index in [2.05, 4.69) is 21.2 Å². The number of aromatic hydroxyl groups is 3. The average Bonchev–Trinajstić information content (AvgIpc) is 2.36. The van der Waals surface area contributed by atoms with Crippen molar-refractivity contribution in [1.82, 2.24) is 5.32 Å². The summed E-state index contributed by atoms with van der Waals surface area (Å²) >= 11 is 3.36. The van der Waals surface area contributed by atoms with Gasteiger partial charge in [-0.2, -0.15) is 0 Å². The molecule has 1 amide bonds. The summed E-state index contributed by atoms with van der Waals surface area (Å²) in [5.74, 6) is -1.91. The lowest BCUT2D eigenvalue weighted by Gasteiger charge is -2.10. The maximum Gasteiger partial charge on any atom is 0.259 e. The van der Waals surface area contributed by atoms with Crippen LogP contribution in [0, 0.1) is 0 Å². The smallest absolute Gasteiger partial charge is 0.259 e. The van der Waals surface area contributed by atoms with E-state index in [-0.39, 0.29) is 17.9 Å². The molecule has 0 aromatic heterocycles. The SMILES string of the molecule is O=C(NCc1ccccc1Br)c1c(O)cc(O)cc1O. The van der Waals surface area contributed by atoms with Crippen LogP contribution in [-0.4, -0.2) is 21.2 Å². The first kappa shape index (κ1) is 14.2. The molecule has 0 aliphatic heterocycles. The van der Waals surface area contributed by atoms with Crippen molar-refractivity contribution in [3.8, 4) is 17.2 Å². The van der Waals surface area contributed by atoms with Crippen LogP contribution < -0.4 is 5.32 Å². The standard InChI is InChI=1S/C14H12BrNO4/c15-10-4-2-1-3-8(10)7-16-14(20)13-11(18)5-9(17)6-12(13)19/h1-6,17-19H,7H2,(H,16,20). The van der Waals surface area contributed by atoms with E-state index >= 15 is 0 Å². The van der Waals surface area contributed by atoms with E-state index in [9.17, 15) is 20.1 Å². The Bertz CT molecular complexity index is 634. The summed E-state index contributed by atoms with van der Waals surface area (Å²) in [6, 6.07) is 9.35. The minimum atomic E-state index is -0.629. The first-order chi connectivity index (χ1) is 9.49. The molecule has 0 bridgehead atoms. The van der Waals surface area contributed by atoms with E-state index in [0.29, 0.717) is 0 Å². The highest BCUT2D eigenvalue weighted by Crippen LogP contribution is 2.31. The van der Waals surface area contributed by atoms with Crippen LogP contribution in [-0.2, 0) is 6.54 Å². The molecular weight excluding hydrogens is 326 g/mol. The Hall–Kier alpha value is -2.21. The first-order valence-electron chi connectivity index (χ1n) is 5.75. The fourth-order valence-electron chi connectivity index (χ4n) is 1.74. The average molecular weight is 338 g/mol. The lowest BCUT2D eigenvalue weighted by atomic mass is 10.1. The number of benzene rings is 2. The summed E-state index contributed by atoms with van der Waals surface area (Å²) in [6.07, 6.45) is 0. The Labute approximate surface area is 123 Å². The first-order valence-corrected chi connectivity index (χ1v) is 6.55. The molecule has 0 saturated carbocycles. The Morgan fingerprint density at radius 2 is 1.70 bits per heavy atom. The zero-order valence-corrected chi connectivity index (χ0v) is 11.9. The second-order valence-corrected chi connectivity index (χ2v) is 4.99. The minimum Gasteiger partial charge on any atom is -0.508 e. The fraction of sp³-hybridized carbons (Fsp3) is 0.0714. The van der Waals surface area contributed by atoms with Gasteiger partial charge in [0.15, 0.2) is 0 Å². The molecule has 20 heavy (non-hydrogen) atoms. The van der Waals surface area contributed by atoms with Gasteiger partial charge in [-0.3, -0.25) is 4.79 Å². The zero-order chi connectivity index (χ0) is 14.7. The predicted octanol–water partition coefficient (Wildman–Crippen LogP) is 2.50. The second-order valence-electron chi connectivity index (χ2n) is 4.13. The number of phenols is 3. The van der Waals surface area contributed by atoms with Crippen molar-refractivity contribution < 1.29 is 20.1 Å². The minimum absolute atomic E-state index is 0.236. The number of halogens is 1. The Morgan fingerprint density at radius 1 is 1.10 bits per heavy atom. The molecule has 0 radical (unpaired) electrons. The molecule has 0 fully saturated rings. The van der Waals surface area contributed by atoms with Gasteiger partial charge in [-0.1, -0.05) is 34.1 Å². The molecule has 2 aromatic carbocycles. The zero-order valence-electron chi connectivity index (χ0n) is 10.3. The quantitative estimate of drug-likeness (QED) is 0.692. The molecule has 0 aliphatic carbocycles. The molecule has 2 rings (SSSR count). The second kappa shape index (κ2) is 5.83. The molecule has 0 saturated heterocycles. The van der Waals surface area contributed by atoms with Crippen LogP contribution >= 0.6 is 15.9 Å². The van der Waals surface area contributed by atoms with E-state index in [1.54, 1.807) is 0 Å². The van der Waals surface area contributed by atoms with E-state index < -0.39 is 17.4 Å². The maximum atomic E-state index is 12.0. The highest BCUT2D eigenvalue weighted by Gasteiger charge is 2.17. The number of hydrogen-bond acceptors (Lipinski definition) is 4. The van der Waals surface area contributed by atoms with E-state index in [1.807, 2.05) is 24.3 Å². The van der Waals surface area contributed by atoms with Gasteiger partial charge in [0.25, 0.3) is 5.91 Å². The molecule has 0 unspecified atom stereocenters. The van der Waals surface area contributed by atoms with Gasteiger partial charge in [0.05, 0.1) is 0 Å².